The number of Topliss-reactive ketones (excluding diaryl/α,β-unsaturated/α-hetero) is 1. The zero-order valence-electron chi connectivity index (χ0n) is 14.1. The predicted octanol–water partition coefficient (Wildman–Crippen LogP) is 3.18. The lowest BCUT2D eigenvalue weighted by molar-refractivity contribution is -0.144. The minimum absolute atomic E-state index is 0.0274. The largest absolute Gasteiger partial charge is 0.465 e. The maximum absolute atomic E-state index is 14.0. The van der Waals surface area contributed by atoms with Crippen molar-refractivity contribution in [3.05, 3.63) is 33.8 Å². The SMILES string of the molecule is CCOC(=O)C(C=N[C@H](CO)C(C)C)C(=O)c1cc(Br)c(F)cc1F. The van der Waals surface area contributed by atoms with Crippen LogP contribution in [0.4, 0.5) is 8.78 Å². The van der Waals surface area contributed by atoms with Crippen LogP contribution >= 0.6 is 15.9 Å². The van der Waals surface area contributed by atoms with Crippen LogP contribution < -0.4 is 0 Å². The second kappa shape index (κ2) is 9.72. The van der Waals surface area contributed by atoms with Gasteiger partial charge in [-0.3, -0.25) is 14.6 Å². The number of nitrogens with zero attached hydrogens (tertiary/aromatic N) is 1. The van der Waals surface area contributed by atoms with Crippen molar-refractivity contribution in [3.63, 3.8) is 0 Å². The maximum atomic E-state index is 14.0. The molecule has 0 bridgehead atoms. The summed E-state index contributed by atoms with van der Waals surface area (Å²) >= 11 is 2.88. The van der Waals surface area contributed by atoms with Crippen molar-refractivity contribution in [3.8, 4) is 0 Å². The topological polar surface area (TPSA) is 76.0 Å². The van der Waals surface area contributed by atoms with Crippen molar-refractivity contribution in [2.45, 2.75) is 26.8 Å². The molecule has 0 saturated heterocycles. The van der Waals surface area contributed by atoms with Crippen LogP contribution in [0.1, 0.15) is 31.1 Å². The van der Waals surface area contributed by atoms with Gasteiger partial charge >= 0.3 is 5.97 Å². The van der Waals surface area contributed by atoms with E-state index < -0.39 is 40.9 Å². The average Bonchev–Trinajstić information content (AvgIpc) is 2.54. The number of aliphatic imine (C=N–C) groups is 1. The number of esters is 1. The van der Waals surface area contributed by atoms with Crippen molar-refractivity contribution < 1.29 is 28.2 Å². The van der Waals surface area contributed by atoms with Crippen LogP contribution in [0.3, 0.4) is 0 Å². The maximum Gasteiger partial charge on any atom is 0.322 e. The zero-order valence-corrected chi connectivity index (χ0v) is 15.7. The fraction of sp³-hybridized carbons (Fsp3) is 0.471. The summed E-state index contributed by atoms with van der Waals surface area (Å²) in [6.07, 6.45) is 1.05. The Morgan fingerprint density at radius 3 is 2.48 bits per heavy atom. The molecule has 0 amide bonds. The van der Waals surface area contributed by atoms with Gasteiger partial charge in [0.1, 0.15) is 11.6 Å². The number of aliphatic hydroxyl groups excluding tert-OH is 1. The van der Waals surface area contributed by atoms with Crippen LogP contribution in [0.25, 0.3) is 0 Å². The fourth-order valence-corrected chi connectivity index (χ4v) is 2.32. The van der Waals surface area contributed by atoms with Crippen LogP contribution in [0.2, 0.25) is 0 Å². The van der Waals surface area contributed by atoms with Gasteiger partial charge in [-0.1, -0.05) is 13.8 Å². The molecule has 0 saturated carbocycles. The van der Waals surface area contributed by atoms with Crippen molar-refractivity contribution in [1.29, 1.82) is 0 Å². The van der Waals surface area contributed by atoms with Crippen molar-refractivity contribution in [1.82, 2.24) is 0 Å². The molecule has 0 aromatic heterocycles. The van der Waals surface area contributed by atoms with Gasteiger partial charge in [-0.15, -0.1) is 0 Å². The lowest BCUT2D eigenvalue weighted by Crippen LogP contribution is -2.30. The van der Waals surface area contributed by atoms with E-state index >= 15 is 0 Å². The standard InChI is InChI=1S/C17H20BrF2NO4/c1-4-25-17(24)11(7-21-15(8-22)9(2)3)16(23)10-5-12(18)14(20)6-13(10)19/h5-7,9,11,15,22H,4,8H2,1-3H3/t11?,15-/m1/s1. The lowest BCUT2D eigenvalue weighted by Gasteiger charge is -2.15. The summed E-state index contributed by atoms with van der Waals surface area (Å²) in [5.41, 5.74) is -0.456. The molecule has 0 spiro atoms. The molecule has 0 aliphatic heterocycles. The highest BCUT2D eigenvalue weighted by Gasteiger charge is 2.30. The molecular weight excluding hydrogens is 400 g/mol. The number of ether oxygens (including phenoxy) is 1. The summed E-state index contributed by atoms with van der Waals surface area (Å²) in [5, 5.41) is 9.30. The number of hydrogen-bond acceptors (Lipinski definition) is 5. The molecule has 1 unspecified atom stereocenters. The molecule has 0 radical (unpaired) electrons. The number of benzene rings is 1. The third-order valence-corrected chi connectivity index (χ3v) is 4.09. The van der Waals surface area contributed by atoms with Crippen LogP contribution in [-0.2, 0) is 9.53 Å². The van der Waals surface area contributed by atoms with E-state index in [1.54, 1.807) is 6.92 Å². The molecule has 1 aromatic rings. The van der Waals surface area contributed by atoms with E-state index in [0.29, 0.717) is 6.07 Å². The Morgan fingerprint density at radius 1 is 1.32 bits per heavy atom. The molecule has 0 fully saturated rings. The average molecular weight is 420 g/mol. The number of rotatable bonds is 8. The second-order valence-corrected chi connectivity index (χ2v) is 6.49. The number of carbonyl (C=O) groups excluding carboxylic acids is 2. The first-order valence-electron chi connectivity index (χ1n) is 7.72. The Hall–Kier alpha value is -1.67. The van der Waals surface area contributed by atoms with Gasteiger partial charge in [0.15, 0.2) is 11.7 Å². The number of halogens is 3. The smallest absolute Gasteiger partial charge is 0.322 e. The van der Waals surface area contributed by atoms with E-state index in [-0.39, 0.29) is 23.6 Å². The number of hydrogen-bond donors (Lipinski definition) is 1. The zero-order chi connectivity index (χ0) is 19.1. The summed E-state index contributed by atoms with van der Waals surface area (Å²) < 4.78 is 32.1. The van der Waals surface area contributed by atoms with Crippen molar-refractivity contribution in [2.24, 2.45) is 16.8 Å². The molecule has 0 aliphatic carbocycles. The number of ketones is 1. The van der Waals surface area contributed by atoms with E-state index in [4.69, 9.17) is 4.74 Å². The van der Waals surface area contributed by atoms with E-state index in [9.17, 15) is 23.5 Å². The van der Waals surface area contributed by atoms with Crippen LogP contribution in [-0.4, -0.2) is 42.3 Å². The summed E-state index contributed by atoms with van der Waals surface area (Å²) in [6.45, 7) is 4.96. The minimum atomic E-state index is -1.49. The van der Waals surface area contributed by atoms with Gasteiger partial charge in [-0.25, -0.2) is 8.78 Å². The third-order valence-electron chi connectivity index (χ3n) is 3.48. The van der Waals surface area contributed by atoms with Gasteiger partial charge in [0.25, 0.3) is 0 Å². The van der Waals surface area contributed by atoms with Crippen molar-refractivity contribution in [2.75, 3.05) is 13.2 Å². The Kier molecular flexibility index (Phi) is 8.31. The molecule has 8 heteroatoms. The highest BCUT2D eigenvalue weighted by molar-refractivity contribution is 9.10. The van der Waals surface area contributed by atoms with Gasteiger partial charge < -0.3 is 9.84 Å². The second-order valence-electron chi connectivity index (χ2n) is 5.63. The van der Waals surface area contributed by atoms with Gasteiger partial charge in [0.05, 0.1) is 29.3 Å². The van der Waals surface area contributed by atoms with E-state index in [0.717, 1.165) is 12.3 Å². The van der Waals surface area contributed by atoms with Gasteiger partial charge in [-0.2, -0.15) is 0 Å². The molecule has 138 valence electrons. The first-order valence-corrected chi connectivity index (χ1v) is 8.51. The third kappa shape index (κ3) is 5.67. The number of carbonyl (C=O) groups is 2. The van der Waals surface area contributed by atoms with Gasteiger partial charge in [0, 0.05) is 12.3 Å². The quantitative estimate of drug-likeness (QED) is 0.231. The minimum Gasteiger partial charge on any atom is -0.465 e. The molecule has 1 aromatic carbocycles. The molecule has 2 atom stereocenters. The summed E-state index contributed by atoms with van der Waals surface area (Å²) in [7, 11) is 0. The Morgan fingerprint density at radius 2 is 1.96 bits per heavy atom. The highest BCUT2D eigenvalue weighted by Crippen LogP contribution is 2.22. The Labute approximate surface area is 153 Å². The van der Waals surface area contributed by atoms with Crippen LogP contribution in [0.5, 0.6) is 0 Å². The molecule has 0 heterocycles. The van der Waals surface area contributed by atoms with Gasteiger partial charge in [-0.05, 0) is 34.8 Å². The fourth-order valence-electron chi connectivity index (χ4n) is 1.97. The molecule has 5 nitrogen and oxygen atoms in total. The molecule has 25 heavy (non-hydrogen) atoms. The lowest BCUT2D eigenvalue weighted by atomic mass is 9.97. The summed E-state index contributed by atoms with van der Waals surface area (Å²) in [6, 6.07) is 1.01. The van der Waals surface area contributed by atoms with Gasteiger partial charge in [0.2, 0.25) is 0 Å². The first-order chi connectivity index (χ1) is 11.7. The highest BCUT2D eigenvalue weighted by atomic mass is 79.9. The summed E-state index contributed by atoms with van der Waals surface area (Å²) in [4.78, 5) is 28.7. The van der Waals surface area contributed by atoms with Crippen molar-refractivity contribution >= 4 is 33.9 Å². The monoisotopic (exact) mass is 419 g/mol. The molecular formula is C17H20BrF2NO4. The van der Waals surface area contributed by atoms with E-state index in [1.165, 1.54) is 0 Å². The number of aliphatic hydroxyl groups is 1. The Bertz CT molecular complexity index is 664. The normalized spacial score (nSPS) is 13.9. The summed E-state index contributed by atoms with van der Waals surface area (Å²) in [5.74, 6) is -5.26. The first kappa shape index (κ1) is 21.4. The van der Waals surface area contributed by atoms with E-state index in [2.05, 4.69) is 20.9 Å². The molecule has 0 aliphatic rings. The molecule has 1 rings (SSSR count). The van der Waals surface area contributed by atoms with Crippen LogP contribution in [0, 0.1) is 23.5 Å². The Balaban J connectivity index is 3.24. The van der Waals surface area contributed by atoms with E-state index in [1.807, 2.05) is 13.8 Å². The predicted molar refractivity (Wildman–Crippen MR) is 92.7 cm³/mol. The molecule has 1 N–H and O–H groups in total. The van der Waals surface area contributed by atoms with Crippen LogP contribution in [0.15, 0.2) is 21.6 Å².